The Labute approximate surface area is 198 Å². The molecule has 1 fully saturated rings. The Morgan fingerprint density at radius 1 is 1.24 bits per heavy atom. The predicted molar refractivity (Wildman–Crippen MR) is 129 cm³/mol. The number of benzene rings is 1. The third-order valence-corrected chi connectivity index (χ3v) is 6.09. The van der Waals surface area contributed by atoms with Gasteiger partial charge in [-0.2, -0.15) is 5.10 Å². The first-order valence-electron chi connectivity index (χ1n) is 11.3. The largest absolute Gasteiger partial charge is 0.494 e. The molecule has 0 saturated heterocycles. The average Bonchev–Trinajstić information content (AvgIpc) is 3.46. The van der Waals surface area contributed by atoms with Gasteiger partial charge in [-0.1, -0.05) is 13.3 Å². The van der Waals surface area contributed by atoms with Gasteiger partial charge in [0.2, 0.25) is 10.0 Å². The second-order valence-corrected chi connectivity index (χ2v) is 10.3. The van der Waals surface area contributed by atoms with Gasteiger partial charge in [-0.05, 0) is 67.1 Å². The maximum absolute atomic E-state index is 13.0. The lowest BCUT2D eigenvalue weighted by molar-refractivity contribution is 0.0981. The number of sulfonamides is 1. The zero-order valence-electron chi connectivity index (χ0n) is 19.2. The zero-order valence-corrected chi connectivity index (χ0v) is 20.0. The van der Waals surface area contributed by atoms with E-state index in [4.69, 9.17) is 4.74 Å². The number of H-pyrrole nitrogens is 1. The highest BCUT2D eigenvalue weighted by molar-refractivity contribution is 7.89. The molecule has 2 heterocycles. The van der Waals surface area contributed by atoms with Gasteiger partial charge in [-0.25, -0.2) is 13.1 Å². The first kappa shape index (κ1) is 23.7. The van der Waals surface area contributed by atoms with Crippen molar-refractivity contribution in [1.82, 2.24) is 19.5 Å². The summed E-state index contributed by atoms with van der Waals surface area (Å²) in [6, 6.07) is 10.6. The van der Waals surface area contributed by atoms with Crippen molar-refractivity contribution in [3.8, 4) is 28.3 Å². The van der Waals surface area contributed by atoms with Crippen LogP contribution in [0.2, 0.25) is 0 Å². The first-order chi connectivity index (χ1) is 16.2. The molecule has 10 heteroatoms. The molecule has 0 aliphatic heterocycles. The van der Waals surface area contributed by atoms with Gasteiger partial charge < -0.3 is 9.72 Å². The monoisotopic (exact) mass is 484 g/mol. The molecule has 1 aliphatic rings. The third kappa shape index (κ3) is 5.93. The molecule has 1 saturated carbocycles. The van der Waals surface area contributed by atoms with Crippen LogP contribution in [0.1, 0.15) is 43.0 Å². The molecule has 9 nitrogen and oxygen atoms in total. The number of carbonyl (C=O) groups excluding carboxylic acids is 1. The summed E-state index contributed by atoms with van der Waals surface area (Å²) in [6.45, 7) is 3.49. The van der Waals surface area contributed by atoms with Crippen LogP contribution < -0.4 is 15.0 Å². The normalized spacial score (nSPS) is 13.6. The summed E-state index contributed by atoms with van der Waals surface area (Å²) in [5, 5.41) is 4.55. The van der Waals surface area contributed by atoms with Crippen LogP contribution in [-0.4, -0.2) is 42.0 Å². The Kier molecular flexibility index (Phi) is 6.87. The maximum atomic E-state index is 13.0. The SMILES string of the molecule is CCCCOc1ccc(-c2cc(-c3ccn(CC4CC4)n3)c(C(=O)NS(C)(=O)=O)c(=O)[nH]2)cc1. The maximum Gasteiger partial charge on any atom is 0.271 e. The summed E-state index contributed by atoms with van der Waals surface area (Å²) in [6.07, 6.45) is 6.98. The summed E-state index contributed by atoms with van der Waals surface area (Å²) in [5.41, 5.74) is 0.879. The van der Waals surface area contributed by atoms with E-state index in [1.807, 2.05) is 29.0 Å². The molecule has 0 spiro atoms. The van der Waals surface area contributed by atoms with E-state index in [0.29, 0.717) is 29.5 Å². The summed E-state index contributed by atoms with van der Waals surface area (Å²) < 4.78 is 32.7. The Morgan fingerprint density at radius 2 is 1.97 bits per heavy atom. The van der Waals surface area contributed by atoms with Crippen molar-refractivity contribution in [2.24, 2.45) is 5.92 Å². The molecule has 1 aromatic carbocycles. The second-order valence-electron chi connectivity index (χ2n) is 8.60. The van der Waals surface area contributed by atoms with Crippen molar-refractivity contribution in [3.63, 3.8) is 0 Å². The van der Waals surface area contributed by atoms with E-state index in [1.54, 1.807) is 23.0 Å². The minimum Gasteiger partial charge on any atom is -0.494 e. The van der Waals surface area contributed by atoms with Crippen LogP contribution in [0.25, 0.3) is 22.5 Å². The molecule has 0 unspecified atom stereocenters. The molecular weight excluding hydrogens is 456 g/mol. The van der Waals surface area contributed by atoms with Crippen LogP contribution in [-0.2, 0) is 16.6 Å². The van der Waals surface area contributed by atoms with Crippen LogP contribution in [0, 0.1) is 5.92 Å². The lowest BCUT2D eigenvalue weighted by Crippen LogP contribution is -2.34. The van der Waals surface area contributed by atoms with Gasteiger partial charge >= 0.3 is 0 Å². The van der Waals surface area contributed by atoms with Gasteiger partial charge in [-0.3, -0.25) is 14.3 Å². The van der Waals surface area contributed by atoms with Crippen molar-refractivity contribution >= 4 is 15.9 Å². The molecule has 4 rings (SSSR count). The second kappa shape index (κ2) is 9.84. The molecule has 0 atom stereocenters. The minimum atomic E-state index is -3.86. The Morgan fingerprint density at radius 3 is 2.62 bits per heavy atom. The van der Waals surface area contributed by atoms with Gasteiger partial charge in [0, 0.05) is 24.0 Å². The Balaban J connectivity index is 1.72. The quantitative estimate of drug-likeness (QED) is 0.426. The summed E-state index contributed by atoms with van der Waals surface area (Å²) in [5.74, 6) is 0.318. The van der Waals surface area contributed by atoms with Gasteiger partial charge in [0.25, 0.3) is 11.5 Å². The molecule has 1 amide bonds. The fourth-order valence-corrected chi connectivity index (χ4v) is 4.04. The number of hydrogen-bond acceptors (Lipinski definition) is 6. The molecule has 34 heavy (non-hydrogen) atoms. The lowest BCUT2D eigenvalue weighted by Gasteiger charge is -2.11. The van der Waals surface area contributed by atoms with Crippen LogP contribution in [0.5, 0.6) is 5.75 Å². The standard InChI is InChI=1S/C24H28N4O5S/c1-3-4-13-33-18-9-7-17(8-10-18)21-14-19(20-11-12-28(26-20)15-16-5-6-16)22(23(29)25-21)24(30)27-34(2,31)32/h7-12,14,16H,3-6,13,15H2,1-2H3,(H,25,29)(H,27,30). The number of rotatable bonds is 10. The number of unbranched alkanes of at least 4 members (excludes halogenated alkanes) is 1. The molecule has 2 aromatic heterocycles. The summed E-state index contributed by atoms with van der Waals surface area (Å²) >= 11 is 0. The number of aromatic nitrogens is 3. The minimum absolute atomic E-state index is 0.262. The highest BCUT2D eigenvalue weighted by atomic mass is 32.2. The topological polar surface area (TPSA) is 123 Å². The molecule has 180 valence electrons. The van der Waals surface area contributed by atoms with E-state index in [1.165, 1.54) is 0 Å². The highest BCUT2D eigenvalue weighted by Crippen LogP contribution is 2.31. The van der Waals surface area contributed by atoms with Crippen LogP contribution >= 0.6 is 0 Å². The lowest BCUT2D eigenvalue weighted by atomic mass is 10.0. The number of aromatic amines is 1. The van der Waals surface area contributed by atoms with E-state index >= 15 is 0 Å². The average molecular weight is 485 g/mol. The fourth-order valence-electron chi connectivity index (χ4n) is 3.60. The molecular formula is C24H28N4O5S. The number of amides is 1. The number of hydrogen-bond donors (Lipinski definition) is 2. The summed E-state index contributed by atoms with van der Waals surface area (Å²) in [7, 11) is -3.86. The Bertz CT molecular complexity index is 1340. The third-order valence-electron chi connectivity index (χ3n) is 5.53. The van der Waals surface area contributed by atoms with Gasteiger partial charge in [0.15, 0.2) is 0 Å². The number of pyridine rings is 1. The number of carbonyl (C=O) groups is 1. The number of nitrogens with zero attached hydrogens (tertiary/aromatic N) is 2. The highest BCUT2D eigenvalue weighted by Gasteiger charge is 2.25. The van der Waals surface area contributed by atoms with Gasteiger partial charge in [0.1, 0.15) is 11.3 Å². The van der Waals surface area contributed by atoms with Gasteiger partial charge in [0.05, 0.1) is 18.6 Å². The first-order valence-corrected chi connectivity index (χ1v) is 13.2. The van der Waals surface area contributed by atoms with E-state index in [9.17, 15) is 18.0 Å². The van der Waals surface area contributed by atoms with E-state index < -0.39 is 21.5 Å². The van der Waals surface area contributed by atoms with Crippen LogP contribution in [0.3, 0.4) is 0 Å². The predicted octanol–water partition coefficient (Wildman–Crippen LogP) is 3.18. The Hall–Kier alpha value is -3.40. The van der Waals surface area contributed by atoms with Crippen molar-refractivity contribution < 1.29 is 17.9 Å². The van der Waals surface area contributed by atoms with E-state index in [2.05, 4.69) is 17.0 Å². The smallest absolute Gasteiger partial charge is 0.271 e. The molecule has 3 aromatic rings. The van der Waals surface area contributed by atoms with Crippen molar-refractivity contribution in [2.45, 2.75) is 39.2 Å². The summed E-state index contributed by atoms with van der Waals surface area (Å²) in [4.78, 5) is 28.4. The fraction of sp³-hybridized carbons (Fsp3) is 0.375. The number of ether oxygens (including phenoxy) is 1. The molecule has 0 radical (unpaired) electrons. The van der Waals surface area contributed by atoms with Crippen molar-refractivity contribution in [2.75, 3.05) is 12.9 Å². The molecule has 2 N–H and O–H groups in total. The molecule has 0 bridgehead atoms. The molecule has 1 aliphatic carbocycles. The van der Waals surface area contributed by atoms with Crippen molar-refractivity contribution in [1.29, 1.82) is 0 Å². The zero-order chi connectivity index (χ0) is 24.3. The van der Waals surface area contributed by atoms with Crippen LogP contribution in [0.15, 0.2) is 47.4 Å². The van der Waals surface area contributed by atoms with Gasteiger partial charge in [-0.15, -0.1) is 0 Å². The van der Waals surface area contributed by atoms with E-state index in [-0.39, 0.29) is 11.1 Å². The van der Waals surface area contributed by atoms with Crippen LogP contribution in [0.4, 0.5) is 0 Å². The van der Waals surface area contributed by atoms with Crippen molar-refractivity contribution in [3.05, 3.63) is 58.5 Å². The van der Waals surface area contributed by atoms with E-state index in [0.717, 1.165) is 44.2 Å². The number of nitrogens with one attached hydrogen (secondary N) is 2.